The molecule has 0 spiro atoms. The molecule has 0 bridgehead atoms. The number of nitrogens with zero attached hydrogens (tertiary/aromatic N) is 3. The second kappa shape index (κ2) is 8.16. The Balaban J connectivity index is 1.99. The third kappa shape index (κ3) is 3.81. The van der Waals surface area contributed by atoms with Gasteiger partial charge in [-0.2, -0.15) is 0 Å². The monoisotopic (exact) mass is 422 g/mol. The number of aliphatic imine (C=N–C) groups is 1. The van der Waals surface area contributed by atoms with Crippen LogP contribution in [0.2, 0.25) is 5.02 Å². The lowest BCUT2D eigenvalue weighted by Crippen LogP contribution is -2.34. The van der Waals surface area contributed by atoms with Crippen LogP contribution >= 0.6 is 23.2 Å². The van der Waals surface area contributed by atoms with Gasteiger partial charge in [-0.05, 0) is 36.8 Å². The maximum Gasteiger partial charge on any atom is 0.337 e. The number of benzene rings is 2. The molecule has 0 aromatic heterocycles. The normalized spacial score (nSPS) is 16.8. The first kappa shape index (κ1) is 20.1. The van der Waals surface area contributed by atoms with Crippen molar-refractivity contribution in [3.8, 4) is 0 Å². The van der Waals surface area contributed by atoms with Crippen LogP contribution in [0.1, 0.15) is 5.56 Å². The highest BCUT2D eigenvalue weighted by Crippen LogP contribution is 2.30. The lowest BCUT2D eigenvalue weighted by Gasteiger charge is -2.19. The largest absolute Gasteiger partial charge is 0.360 e. The van der Waals surface area contributed by atoms with Crippen molar-refractivity contribution in [1.82, 2.24) is 4.90 Å². The smallest absolute Gasteiger partial charge is 0.337 e. The van der Waals surface area contributed by atoms with E-state index < -0.39 is 23.9 Å². The van der Waals surface area contributed by atoms with Gasteiger partial charge in [0.2, 0.25) is 5.84 Å². The molecule has 1 saturated heterocycles. The summed E-state index contributed by atoms with van der Waals surface area (Å²) in [6.07, 6.45) is -0.845. The average Bonchev–Trinajstić information content (AvgIpc) is 2.87. The van der Waals surface area contributed by atoms with Crippen LogP contribution in [-0.4, -0.2) is 41.8 Å². The number of amides is 3. The molecule has 0 saturated carbocycles. The third-order valence-corrected chi connectivity index (χ3v) is 4.76. The van der Waals surface area contributed by atoms with Crippen LogP contribution in [0.15, 0.2) is 47.5 Å². The molecule has 9 heteroatoms. The highest BCUT2D eigenvalue weighted by Gasteiger charge is 2.42. The standard InChI is InChI=1S/C19H17Cl2FN4O2/c1-11-7-8-14(13(22)9-11)23-16(10-20)24-17-18(27)25(2)19(28)26(17)15-6-4-3-5-12(15)21/h3-9,16,23H,10H2,1-2H3. The molecule has 146 valence electrons. The van der Waals surface area contributed by atoms with E-state index in [4.69, 9.17) is 23.2 Å². The van der Waals surface area contributed by atoms with E-state index >= 15 is 0 Å². The molecule has 2 aromatic carbocycles. The van der Waals surface area contributed by atoms with Crippen molar-refractivity contribution in [1.29, 1.82) is 0 Å². The number of amidine groups is 1. The molecule has 1 N–H and O–H groups in total. The number of hydrogen-bond acceptors (Lipinski definition) is 4. The fourth-order valence-electron chi connectivity index (χ4n) is 2.71. The summed E-state index contributed by atoms with van der Waals surface area (Å²) in [5.74, 6) is -1.28. The van der Waals surface area contributed by atoms with Crippen LogP contribution in [0.5, 0.6) is 0 Å². The van der Waals surface area contributed by atoms with Crippen LogP contribution in [0.3, 0.4) is 0 Å². The van der Waals surface area contributed by atoms with Crippen molar-refractivity contribution in [2.75, 3.05) is 23.1 Å². The maximum atomic E-state index is 14.1. The van der Waals surface area contributed by atoms with Crippen molar-refractivity contribution in [3.05, 3.63) is 58.9 Å². The number of imide groups is 1. The summed E-state index contributed by atoms with van der Waals surface area (Å²) < 4.78 is 14.1. The molecule has 1 unspecified atom stereocenters. The van der Waals surface area contributed by atoms with Crippen LogP contribution < -0.4 is 10.2 Å². The molecule has 3 rings (SSSR count). The number of rotatable bonds is 5. The fraction of sp³-hybridized carbons (Fsp3) is 0.211. The highest BCUT2D eigenvalue weighted by atomic mass is 35.5. The fourth-order valence-corrected chi connectivity index (χ4v) is 3.07. The summed E-state index contributed by atoms with van der Waals surface area (Å²) in [5, 5.41) is 3.14. The lowest BCUT2D eigenvalue weighted by atomic mass is 10.2. The average molecular weight is 423 g/mol. The van der Waals surface area contributed by atoms with Crippen LogP contribution in [-0.2, 0) is 4.79 Å². The molecule has 1 atom stereocenters. The first-order chi connectivity index (χ1) is 13.3. The number of alkyl halides is 1. The number of likely N-dealkylation sites (N-methyl/N-ethyl adjacent to an activating group) is 1. The summed E-state index contributed by atoms with van der Waals surface area (Å²) in [5.41, 5.74) is 1.27. The number of hydrogen-bond donors (Lipinski definition) is 1. The van der Waals surface area contributed by atoms with Crippen molar-refractivity contribution >= 4 is 52.4 Å². The highest BCUT2D eigenvalue weighted by molar-refractivity contribution is 6.55. The van der Waals surface area contributed by atoms with E-state index in [1.807, 2.05) is 0 Å². The molecule has 1 aliphatic heterocycles. The predicted octanol–water partition coefficient (Wildman–Crippen LogP) is 4.26. The molecule has 0 aliphatic carbocycles. The molecular formula is C19H17Cl2FN4O2. The summed E-state index contributed by atoms with van der Waals surface area (Å²) in [4.78, 5) is 31.5. The van der Waals surface area contributed by atoms with Gasteiger partial charge in [-0.1, -0.05) is 29.8 Å². The van der Waals surface area contributed by atoms with Gasteiger partial charge < -0.3 is 5.32 Å². The van der Waals surface area contributed by atoms with Crippen molar-refractivity contribution in [2.24, 2.45) is 4.99 Å². The first-order valence-electron chi connectivity index (χ1n) is 8.36. The molecule has 1 heterocycles. The van der Waals surface area contributed by atoms with E-state index in [2.05, 4.69) is 10.3 Å². The number of halogens is 3. The summed E-state index contributed by atoms with van der Waals surface area (Å²) >= 11 is 12.2. The zero-order valence-corrected chi connectivity index (χ0v) is 16.6. The lowest BCUT2D eigenvalue weighted by molar-refractivity contribution is -0.119. The first-order valence-corrected chi connectivity index (χ1v) is 9.28. The minimum Gasteiger partial charge on any atom is -0.360 e. The molecule has 0 radical (unpaired) electrons. The SMILES string of the molecule is Cc1ccc(NC(CCl)N=C2C(=O)N(C)C(=O)N2c2ccccc2Cl)c(F)c1. The Morgan fingerprint density at radius 3 is 2.57 bits per heavy atom. The topological polar surface area (TPSA) is 65.0 Å². The quantitative estimate of drug-likeness (QED) is 0.578. The molecular weight excluding hydrogens is 406 g/mol. The van der Waals surface area contributed by atoms with Gasteiger partial charge in [-0.25, -0.2) is 19.1 Å². The minimum atomic E-state index is -0.845. The molecule has 3 amide bonds. The van der Waals surface area contributed by atoms with Crippen LogP contribution in [0, 0.1) is 12.7 Å². The predicted molar refractivity (Wildman–Crippen MR) is 109 cm³/mol. The van der Waals surface area contributed by atoms with Gasteiger partial charge in [0.25, 0.3) is 5.91 Å². The van der Waals surface area contributed by atoms with Gasteiger partial charge in [0.05, 0.1) is 22.3 Å². The molecule has 1 fully saturated rings. The van der Waals surface area contributed by atoms with Gasteiger partial charge in [-0.15, -0.1) is 11.6 Å². The zero-order chi connectivity index (χ0) is 20.4. The van der Waals surface area contributed by atoms with E-state index in [1.165, 1.54) is 13.1 Å². The van der Waals surface area contributed by atoms with E-state index in [-0.39, 0.29) is 22.4 Å². The third-order valence-electron chi connectivity index (χ3n) is 4.15. The number of aryl methyl sites for hydroxylation is 1. The second-order valence-electron chi connectivity index (χ2n) is 6.18. The Hall–Kier alpha value is -2.64. The molecule has 6 nitrogen and oxygen atoms in total. The van der Waals surface area contributed by atoms with Crippen molar-refractivity contribution < 1.29 is 14.0 Å². The minimum absolute atomic E-state index is 0.0572. The van der Waals surface area contributed by atoms with Gasteiger partial charge >= 0.3 is 6.03 Å². The van der Waals surface area contributed by atoms with E-state index in [9.17, 15) is 14.0 Å². The van der Waals surface area contributed by atoms with E-state index in [0.717, 1.165) is 15.4 Å². The number of anilines is 2. The van der Waals surface area contributed by atoms with E-state index in [1.54, 1.807) is 43.3 Å². The Labute approximate surface area is 171 Å². The Bertz CT molecular complexity index is 967. The van der Waals surface area contributed by atoms with Gasteiger partial charge in [0, 0.05) is 7.05 Å². The second-order valence-corrected chi connectivity index (χ2v) is 6.90. The van der Waals surface area contributed by atoms with Crippen LogP contribution in [0.4, 0.5) is 20.6 Å². The molecule has 2 aromatic rings. The maximum absolute atomic E-state index is 14.1. The number of carbonyl (C=O) groups excluding carboxylic acids is 2. The summed E-state index contributed by atoms with van der Waals surface area (Å²) in [7, 11) is 1.35. The Kier molecular flexibility index (Phi) is 5.86. The van der Waals surface area contributed by atoms with Crippen LogP contribution in [0.25, 0.3) is 0 Å². The number of urea groups is 1. The van der Waals surface area contributed by atoms with Gasteiger partial charge in [0.1, 0.15) is 12.0 Å². The summed E-state index contributed by atoms with van der Waals surface area (Å²) in [6.45, 7) is 1.77. The number of nitrogens with one attached hydrogen (secondary N) is 1. The van der Waals surface area contributed by atoms with E-state index in [0.29, 0.717) is 5.69 Å². The van der Waals surface area contributed by atoms with Crippen molar-refractivity contribution in [3.63, 3.8) is 0 Å². The Morgan fingerprint density at radius 2 is 1.93 bits per heavy atom. The molecule has 28 heavy (non-hydrogen) atoms. The van der Waals surface area contributed by atoms with Gasteiger partial charge in [0.15, 0.2) is 0 Å². The van der Waals surface area contributed by atoms with Crippen molar-refractivity contribution in [2.45, 2.75) is 13.1 Å². The number of carbonyl (C=O) groups is 2. The van der Waals surface area contributed by atoms with Gasteiger partial charge in [-0.3, -0.25) is 9.69 Å². The Morgan fingerprint density at radius 1 is 1.21 bits per heavy atom. The summed E-state index contributed by atoms with van der Waals surface area (Å²) in [6, 6.07) is 10.7. The molecule has 1 aliphatic rings. The zero-order valence-electron chi connectivity index (χ0n) is 15.1. The number of para-hydroxylation sites is 1.